The Morgan fingerprint density at radius 1 is 0.213 bits per heavy atom. The monoisotopic (exact) mass is 1060 g/mol. The van der Waals surface area contributed by atoms with Gasteiger partial charge in [-0.05, 0) is 19.3 Å². The lowest BCUT2D eigenvalue weighted by molar-refractivity contribution is -0.167. The quantitative estimate of drug-likeness (QED) is 0.0343. The second-order valence-corrected chi connectivity index (χ2v) is 23.8. The molecule has 0 spiro atoms. The maximum absolute atomic E-state index is 12.9. The van der Waals surface area contributed by atoms with E-state index in [2.05, 4.69) is 20.8 Å². The molecule has 0 aliphatic rings. The number of carbonyl (C=O) groups is 3. The lowest BCUT2D eigenvalue weighted by atomic mass is 10.0. The zero-order valence-electron chi connectivity index (χ0n) is 51.4. The minimum Gasteiger partial charge on any atom is -0.462 e. The van der Waals surface area contributed by atoms with Gasteiger partial charge in [0.1, 0.15) is 13.2 Å². The average molecular weight is 1060 g/mol. The van der Waals surface area contributed by atoms with E-state index in [4.69, 9.17) is 14.2 Å². The summed E-state index contributed by atoms with van der Waals surface area (Å²) in [5.41, 5.74) is 0. The largest absolute Gasteiger partial charge is 0.462 e. The minimum atomic E-state index is -0.761. The van der Waals surface area contributed by atoms with Gasteiger partial charge in [-0.25, -0.2) is 0 Å². The third kappa shape index (κ3) is 63.1. The Balaban J connectivity index is 4.00. The molecule has 0 aromatic carbocycles. The average Bonchev–Trinajstić information content (AvgIpc) is 3.41. The molecule has 1 atom stereocenters. The topological polar surface area (TPSA) is 78.9 Å². The lowest BCUT2D eigenvalue weighted by Gasteiger charge is -2.18. The van der Waals surface area contributed by atoms with E-state index in [0.29, 0.717) is 19.3 Å². The van der Waals surface area contributed by atoms with Gasteiger partial charge in [0.05, 0.1) is 0 Å². The van der Waals surface area contributed by atoms with E-state index in [1.165, 1.54) is 308 Å². The number of hydrogen-bond donors (Lipinski definition) is 0. The first-order valence-electron chi connectivity index (χ1n) is 34.5. The summed E-state index contributed by atoms with van der Waals surface area (Å²) >= 11 is 0. The first-order valence-corrected chi connectivity index (χ1v) is 34.5. The van der Waals surface area contributed by atoms with E-state index in [9.17, 15) is 14.4 Å². The molecule has 0 aromatic heterocycles. The van der Waals surface area contributed by atoms with E-state index in [0.717, 1.165) is 57.8 Å². The second-order valence-electron chi connectivity index (χ2n) is 23.8. The van der Waals surface area contributed by atoms with Crippen molar-refractivity contribution >= 4 is 17.9 Å². The van der Waals surface area contributed by atoms with E-state index in [-0.39, 0.29) is 31.1 Å². The molecule has 0 radical (unpaired) electrons. The second kappa shape index (κ2) is 64.9. The van der Waals surface area contributed by atoms with Crippen LogP contribution in [0.5, 0.6) is 0 Å². The van der Waals surface area contributed by atoms with Gasteiger partial charge >= 0.3 is 17.9 Å². The van der Waals surface area contributed by atoms with Crippen molar-refractivity contribution in [3.8, 4) is 0 Å². The molecule has 0 aromatic rings. The molecule has 75 heavy (non-hydrogen) atoms. The van der Waals surface area contributed by atoms with Crippen molar-refractivity contribution in [1.82, 2.24) is 0 Å². The van der Waals surface area contributed by atoms with Gasteiger partial charge in [0.15, 0.2) is 6.10 Å². The Morgan fingerprint density at radius 3 is 0.533 bits per heavy atom. The molecule has 0 amide bonds. The van der Waals surface area contributed by atoms with Crippen molar-refractivity contribution in [3.05, 3.63) is 0 Å². The molecular weight excluding hydrogens is 925 g/mol. The smallest absolute Gasteiger partial charge is 0.306 e. The highest BCUT2D eigenvalue weighted by Crippen LogP contribution is 2.19. The summed E-state index contributed by atoms with van der Waals surface area (Å²) in [5.74, 6) is -0.830. The highest BCUT2D eigenvalue weighted by atomic mass is 16.6. The SMILES string of the molecule is CCCCCCCCCCCCCCCCCCCCCCCCCCCCCCCCCC(=O)OCC(COC(=O)CCCCCCCCCCC)OC(=O)CCCCCCCCCCCCCCCCCCC. The summed E-state index contributed by atoms with van der Waals surface area (Å²) in [7, 11) is 0. The van der Waals surface area contributed by atoms with E-state index >= 15 is 0 Å². The number of carbonyl (C=O) groups excluding carboxylic acids is 3. The molecule has 0 rings (SSSR count). The highest BCUT2D eigenvalue weighted by molar-refractivity contribution is 5.71. The summed E-state index contributed by atoms with van der Waals surface area (Å²) < 4.78 is 16.9. The Labute approximate surface area is 469 Å². The molecule has 0 saturated heterocycles. The predicted molar refractivity (Wildman–Crippen MR) is 326 cm³/mol. The van der Waals surface area contributed by atoms with Gasteiger partial charge in [-0.1, -0.05) is 367 Å². The van der Waals surface area contributed by atoms with Crippen molar-refractivity contribution < 1.29 is 28.6 Å². The van der Waals surface area contributed by atoms with Crippen LogP contribution in [-0.2, 0) is 28.6 Å². The maximum atomic E-state index is 12.9. The van der Waals surface area contributed by atoms with Gasteiger partial charge in [0, 0.05) is 19.3 Å². The number of hydrogen-bond acceptors (Lipinski definition) is 6. The predicted octanol–water partition coefficient (Wildman–Crippen LogP) is 23.5. The van der Waals surface area contributed by atoms with E-state index in [1.807, 2.05) is 0 Å². The van der Waals surface area contributed by atoms with E-state index in [1.54, 1.807) is 0 Å². The summed E-state index contributed by atoms with van der Waals surface area (Å²) in [6, 6.07) is 0. The number of ether oxygens (including phenoxy) is 3. The molecule has 0 heterocycles. The number of esters is 3. The fraction of sp³-hybridized carbons (Fsp3) is 0.957. The van der Waals surface area contributed by atoms with Crippen LogP contribution < -0.4 is 0 Å². The van der Waals surface area contributed by atoms with E-state index < -0.39 is 6.10 Å². The first kappa shape index (κ1) is 73.4. The third-order valence-corrected chi connectivity index (χ3v) is 16.1. The fourth-order valence-corrected chi connectivity index (χ4v) is 10.9. The van der Waals surface area contributed by atoms with Crippen molar-refractivity contribution in [2.45, 2.75) is 412 Å². The molecule has 6 nitrogen and oxygen atoms in total. The Kier molecular flexibility index (Phi) is 63.6. The molecule has 0 saturated carbocycles. The molecule has 0 bridgehead atoms. The van der Waals surface area contributed by atoms with Crippen molar-refractivity contribution in [1.29, 1.82) is 0 Å². The van der Waals surface area contributed by atoms with Gasteiger partial charge in [0.2, 0.25) is 0 Å². The summed E-state index contributed by atoms with van der Waals surface area (Å²) in [4.78, 5) is 38.2. The molecule has 6 heteroatoms. The highest BCUT2D eigenvalue weighted by Gasteiger charge is 2.19. The van der Waals surface area contributed by atoms with Crippen LogP contribution in [0, 0.1) is 0 Å². The van der Waals surface area contributed by atoms with Crippen LogP contribution >= 0.6 is 0 Å². The standard InChI is InChI=1S/C69H134O6/c1-4-7-10-13-16-19-21-23-25-27-28-29-30-31-32-33-34-35-36-37-38-39-40-42-43-45-47-50-53-56-59-62-68(71)74-65-66(64-73-67(70)61-58-55-52-49-18-15-12-9-6-3)75-69(72)63-60-57-54-51-48-46-44-41-26-24-22-20-17-14-11-8-5-2/h66H,4-65H2,1-3H3. The van der Waals surface area contributed by atoms with Gasteiger partial charge in [-0.3, -0.25) is 14.4 Å². The number of unbranched alkanes of at least 4 members (excludes halogenated alkanes) is 54. The fourth-order valence-electron chi connectivity index (χ4n) is 10.9. The maximum Gasteiger partial charge on any atom is 0.306 e. The van der Waals surface area contributed by atoms with Gasteiger partial charge in [0.25, 0.3) is 0 Å². The van der Waals surface area contributed by atoms with Gasteiger partial charge < -0.3 is 14.2 Å². The molecule has 446 valence electrons. The lowest BCUT2D eigenvalue weighted by Crippen LogP contribution is -2.30. The Hall–Kier alpha value is -1.59. The molecule has 1 unspecified atom stereocenters. The van der Waals surface area contributed by atoms with Crippen molar-refractivity contribution in [2.24, 2.45) is 0 Å². The Morgan fingerprint density at radius 2 is 0.360 bits per heavy atom. The van der Waals surface area contributed by atoms with Crippen LogP contribution in [0.3, 0.4) is 0 Å². The van der Waals surface area contributed by atoms with Crippen LogP contribution in [0.1, 0.15) is 406 Å². The van der Waals surface area contributed by atoms with Crippen LogP contribution in [0.2, 0.25) is 0 Å². The van der Waals surface area contributed by atoms with Crippen LogP contribution in [0.15, 0.2) is 0 Å². The summed E-state index contributed by atoms with van der Waals surface area (Å²) in [5, 5.41) is 0. The minimum absolute atomic E-state index is 0.0610. The van der Waals surface area contributed by atoms with Gasteiger partial charge in [-0.15, -0.1) is 0 Å². The molecule has 0 N–H and O–H groups in total. The van der Waals surface area contributed by atoms with Crippen molar-refractivity contribution in [2.75, 3.05) is 13.2 Å². The van der Waals surface area contributed by atoms with Gasteiger partial charge in [-0.2, -0.15) is 0 Å². The third-order valence-electron chi connectivity index (χ3n) is 16.1. The molecule has 0 aliphatic carbocycles. The first-order chi connectivity index (χ1) is 37.0. The molecule has 0 aliphatic heterocycles. The van der Waals surface area contributed by atoms with Crippen LogP contribution in [-0.4, -0.2) is 37.2 Å². The molecule has 0 fully saturated rings. The zero-order valence-corrected chi connectivity index (χ0v) is 51.4. The van der Waals surface area contributed by atoms with Crippen LogP contribution in [0.4, 0.5) is 0 Å². The van der Waals surface area contributed by atoms with Crippen molar-refractivity contribution in [3.63, 3.8) is 0 Å². The molecular formula is C69H134O6. The number of rotatable bonds is 65. The summed E-state index contributed by atoms with van der Waals surface area (Å²) in [6.45, 7) is 6.71. The van der Waals surface area contributed by atoms with Crippen LogP contribution in [0.25, 0.3) is 0 Å². The Bertz CT molecular complexity index is 1120. The summed E-state index contributed by atoms with van der Waals surface area (Å²) in [6.07, 6.45) is 75.9. The normalized spacial score (nSPS) is 11.9. The zero-order chi connectivity index (χ0) is 54.3.